The van der Waals surface area contributed by atoms with Crippen LogP contribution in [0.2, 0.25) is 18.1 Å². The Hall–Kier alpha value is -0.583. The first-order chi connectivity index (χ1) is 11.3. The molecule has 2 unspecified atom stereocenters. The highest BCUT2D eigenvalue weighted by Gasteiger charge is 2.37. The molecule has 0 aromatic carbocycles. The quantitative estimate of drug-likeness (QED) is 0.256. The van der Waals surface area contributed by atoms with Crippen LogP contribution in [0.15, 0.2) is 23.8 Å². The largest absolute Gasteiger partial charge is 0.462 e. The fourth-order valence-electron chi connectivity index (χ4n) is 3.01. The number of carbonyl (C=O) groups is 1. The summed E-state index contributed by atoms with van der Waals surface area (Å²) < 4.78 is 12.2. The summed E-state index contributed by atoms with van der Waals surface area (Å²) in [5.74, 6) is 0.0822. The van der Waals surface area contributed by atoms with Crippen molar-refractivity contribution in [2.24, 2.45) is 11.8 Å². The van der Waals surface area contributed by atoms with Crippen molar-refractivity contribution in [3.05, 3.63) is 23.8 Å². The summed E-state index contributed by atoms with van der Waals surface area (Å²) in [5.41, 5.74) is 1.49. The zero-order valence-electron chi connectivity index (χ0n) is 16.3. The van der Waals surface area contributed by atoms with Gasteiger partial charge in [-0.2, -0.15) is 0 Å². The second kappa shape index (κ2) is 11.9. The molecular weight excluding hydrogens is 340 g/mol. The van der Waals surface area contributed by atoms with E-state index >= 15 is 0 Å². The second-order valence-corrected chi connectivity index (χ2v) is 11.5. The molecule has 0 bridgehead atoms. The van der Waals surface area contributed by atoms with Crippen molar-refractivity contribution in [3.8, 4) is 0 Å². The Morgan fingerprint density at radius 1 is 1.08 bits per heavy atom. The molecule has 0 N–H and O–H groups in total. The standard InChI is InChI=1S/C19H35ClO3Si/c1-8-24(9-2,10-3)23-19(15(4)13-11-12-14-20)16(5)17(6)22-18(7)21/h11-17,19H,8-10H2,1-7H3/b13-11+,14-12+/t15-,16?,17-,19?/m0/s1. The van der Waals surface area contributed by atoms with Crippen molar-refractivity contribution >= 4 is 25.9 Å². The summed E-state index contributed by atoms with van der Waals surface area (Å²) >= 11 is 5.59. The van der Waals surface area contributed by atoms with Crippen molar-refractivity contribution in [2.75, 3.05) is 0 Å². The highest BCUT2D eigenvalue weighted by Crippen LogP contribution is 2.31. The molecule has 0 aromatic rings. The number of ether oxygens (including phenoxy) is 1. The van der Waals surface area contributed by atoms with E-state index in [-0.39, 0.29) is 30.0 Å². The van der Waals surface area contributed by atoms with Crippen molar-refractivity contribution in [2.45, 2.75) is 78.8 Å². The predicted molar refractivity (Wildman–Crippen MR) is 106 cm³/mol. The zero-order chi connectivity index (χ0) is 18.8. The Balaban J connectivity index is 5.44. The molecule has 0 aliphatic rings. The molecule has 0 aliphatic carbocycles. The lowest BCUT2D eigenvalue weighted by Crippen LogP contribution is -2.46. The molecule has 140 valence electrons. The Morgan fingerprint density at radius 2 is 1.62 bits per heavy atom. The summed E-state index contributed by atoms with van der Waals surface area (Å²) in [6, 6.07) is 3.30. The van der Waals surface area contributed by atoms with E-state index in [9.17, 15) is 4.79 Å². The van der Waals surface area contributed by atoms with E-state index in [0.29, 0.717) is 0 Å². The maximum absolute atomic E-state index is 11.3. The fraction of sp³-hybridized carbons (Fsp3) is 0.737. The minimum absolute atomic E-state index is 0.0193. The molecule has 0 heterocycles. The maximum Gasteiger partial charge on any atom is 0.302 e. The van der Waals surface area contributed by atoms with Crippen molar-refractivity contribution in [3.63, 3.8) is 0 Å². The van der Waals surface area contributed by atoms with Crippen LogP contribution in [0.1, 0.15) is 48.5 Å². The lowest BCUT2D eigenvalue weighted by Gasteiger charge is -2.39. The summed E-state index contributed by atoms with van der Waals surface area (Å²) in [6.45, 7) is 14.4. The Kier molecular flexibility index (Phi) is 11.6. The molecule has 0 rings (SSSR count). The Bertz CT molecular complexity index is 411. The van der Waals surface area contributed by atoms with Gasteiger partial charge in [-0.1, -0.05) is 64.4 Å². The first-order valence-electron chi connectivity index (χ1n) is 9.05. The van der Waals surface area contributed by atoms with Crippen LogP contribution < -0.4 is 0 Å². The topological polar surface area (TPSA) is 35.5 Å². The number of hydrogen-bond acceptors (Lipinski definition) is 3. The number of halogens is 1. The van der Waals surface area contributed by atoms with Gasteiger partial charge >= 0.3 is 5.97 Å². The normalized spacial score (nSPS) is 17.8. The molecule has 24 heavy (non-hydrogen) atoms. The number of carbonyl (C=O) groups excluding carboxylic acids is 1. The van der Waals surface area contributed by atoms with Gasteiger partial charge in [-0.25, -0.2) is 0 Å². The third-order valence-corrected chi connectivity index (χ3v) is 9.83. The molecule has 0 fully saturated rings. The number of hydrogen-bond donors (Lipinski definition) is 0. The van der Waals surface area contributed by atoms with E-state index in [1.807, 2.05) is 13.0 Å². The molecule has 0 saturated carbocycles. The average molecular weight is 375 g/mol. The molecular formula is C19H35ClO3Si. The molecule has 0 spiro atoms. The smallest absolute Gasteiger partial charge is 0.302 e. The minimum Gasteiger partial charge on any atom is -0.462 e. The second-order valence-electron chi connectivity index (χ2n) is 6.56. The molecule has 3 nitrogen and oxygen atoms in total. The van der Waals surface area contributed by atoms with Gasteiger partial charge in [0.05, 0.1) is 6.10 Å². The van der Waals surface area contributed by atoms with Gasteiger partial charge in [-0.05, 0) is 31.0 Å². The van der Waals surface area contributed by atoms with Gasteiger partial charge in [-0.3, -0.25) is 4.79 Å². The van der Waals surface area contributed by atoms with Crippen molar-refractivity contribution < 1.29 is 14.0 Å². The van der Waals surface area contributed by atoms with E-state index < -0.39 is 8.32 Å². The van der Waals surface area contributed by atoms with Crippen LogP contribution in [0, 0.1) is 11.8 Å². The van der Waals surface area contributed by atoms with Gasteiger partial charge in [-0.15, -0.1) is 0 Å². The lowest BCUT2D eigenvalue weighted by molar-refractivity contribution is -0.149. The molecule has 5 heteroatoms. The number of esters is 1. The summed E-state index contributed by atoms with van der Waals surface area (Å²) in [7, 11) is -1.76. The Morgan fingerprint density at radius 3 is 2.04 bits per heavy atom. The van der Waals surface area contributed by atoms with Gasteiger partial charge in [0.2, 0.25) is 0 Å². The minimum atomic E-state index is -1.76. The third-order valence-electron chi connectivity index (χ3n) is 5.05. The van der Waals surface area contributed by atoms with Crippen LogP contribution in [0.5, 0.6) is 0 Å². The van der Waals surface area contributed by atoms with Crippen LogP contribution in [0.4, 0.5) is 0 Å². The van der Waals surface area contributed by atoms with Crippen LogP contribution >= 0.6 is 11.6 Å². The predicted octanol–water partition coefficient (Wildman–Crippen LogP) is 5.91. The SMILES string of the molecule is CC[Si](CC)(CC)OC(C(C)[C@H](C)OC(C)=O)[C@@H](C)/C=C/C=C/Cl. The molecule has 4 atom stereocenters. The van der Waals surface area contributed by atoms with Gasteiger partial charge in [0.15, 0.2) is 8.32 Å². The van der Waals surface area contributed by atoms with Gasteiger partial charge in [0.1, 0.15) is 6.10 Å². The van der Waals surface area contributed by atoms with Crippen LogP contribution in [0.25, 0.3) is 0 Å². The van der Waals surface area contributed by atoms with Gasteiger partial charge in [0, 0.05) is 18.4 Å². The Labute approximate surface area is 154 Å². The van der Waals surface area contributed by atoms with Crippen LogP contribution in [-0.2, 0) is 14.0 Å². The molecule has 0 saturated heterocycles. The molecule has 0 aliphatic heterocycles. The van der Waals surface area contributed by atoms with E-state index in [0.717, 1.165) is 18.1 Å². The first-order valence-corrected chi connectivity index (χ1v) is 12.0. The van der Waals surface area contributed by atoms with Crippen molar-refractivity contribution in [1.82, 2.24) is 0 Å². The van der Waals surface area contributed by atoms with E-state index in [1.54, 1.807) is 6.08 Å². The number of allylic oxidation sites excluding steroid dienone is 2. The average Bonchev–Trinajstić information content (AvgIpc) is 2.55. The summed E-state index contributed by atoms with van der Waals surface area (Å²) in [4.78, 5) is 11.3. The zero-order valence-corrected chi connectivity index (χ0v) is 18.1. The molecule has 0 aromatic heterocycles. The molecule has 0 amide bonds. The fourth-order valence-corrected chi connectivity index (χ4v) is 6.10. The van der Waals surface area contributed by atoms with Crippen LogP contribution in [0.3, 0.4) is 0 Å². The third kappa shape index (κ3) is 7.54. The summed E-state index contributed by atoms with van der Waals surface area (Å²) in [6.07, 6.45) is 5.71. The van der Waals surface area contributed by atoms with Crippen LogP contribution in [-0.4, -0.2) is 26.5 Å². The first kappa shape index (κ1) is 23.4. The van der Waals surface area contributed by atoms with Crippen molar-refractivity contribution in [1.29, 1.82) is 0 Å². The highest BCUT2D eigenvalue weighted by atomic mass is 35.5. The monoisotopic (exact) mass is 374 g/mol. The lowest BCUT2D eigenvalue weighted by atomic mass is 9.89. The maximum atomic E-state index is 11.3. The van der Waals surface area contributed by atoms with Gasteiger partial charge in [0.25, 0.3) is 0 Å². The number of rotatable bonds is 11. The van der Waals surface area contributed by atoms with E-state index in [4.69, 9.17) is 20.8 Å². The van der Waals surface area contributed by atoms with E-state index in [2.05, 4.69) is 40.7 Å². The summed E-state index contributed by atoms with van der Waals surface area (Å²) in [5, 5.41) is 0. The highest BCUT2D eigenvalue weighted by molar-refractivity contribution is 6.73. The molecule has 0 radical (unpaired) electrons. The van der Waals surface area contributed by atoms with E-state index in [1.165, 1.54) is 12.5 Å². The van der Waals surface area contributed by atoms with Gasteiger partial charge < -0.3 is 9.16 Å².